The van der Waals surface area contributed by atoms with E-state index in [2.05, 4.69) is 0 Å². The van der Waals surface area contributed by atoms with Crippen LogP contribution in [0, 0.1) is 5.82 Å². The number of rotatable bonds is 1. The largest absolute Gasteiger partial charge is 0.505 e. The van der Waals surface area contributed by atoms with Crippen LogP contribution in [0.2, 0.25) is 0 Å². The lowest BCUT2D eigenvalue weighted by molar-refractivity contribution is 0.151. The van der Waals surface area contributed by atoms with Gasteiger partial charge in [0, 0.05) is 0 Å². The van der Waals surface area contributed by atoms with Crippen molar-refractivity contribution in [3.05, 3.63) is 29.6 Å². The Hall–Kier alpha value is -1.09. The van der Waals surface area contributed by atoms with Gasteiger partial charge in [-0.1, -0.05) is 6.07 Å². The minimum absolute atomic E-state index is 0.372. The molecular weight excluding hydrogens is 159 g/mol. The molecule has 0 amide bonds. The third-order valence-corrected chi connectivity index (χ3v) is 2.21. The second kappa shape index (κ2) is 2.20. The van der Waals surface area contributed by atoms with Crippen LogP contribution in [0.4, 0.5) is 4.39 Å². The van der Waals surface area contributed by atoms with Crippen molar-refractivity contribution in [2.75, 3.05) is 0 Å². The van der Waals surface area contributed by atoms with Crippen LogP contribution in [0.15, 0.2) is 18.2 Å². The Morgan fingerprint density at radius 3 is 2.50 bits per heavy atom. The first kappa shape index (κ1) is 7.55. The Morgan fingerprint density at radius 2 is 2.00 bits per heavy atom. The number of phenolic OH excluding ortho intramolecular Hbond substituents is 1. The first-order valence-electron chi connectivity index (χ1n) is 3.83. The molecule has 0 heterocycles. The highest BCUT2D eigenvalue weighted by Gasteiger charge is 2.42. The van der Waals surface area contributed by atoms with Crippen LogP contribution in [-0.2, 0) is 5.60 Å². The van der Waals surface area contributed by atoms with Crippen molar-refractivity contribution in [1.29, 1.82) is 0 Å². The standard InChI is InChI=1S/C9H9FO2/c10-7-5-6(1-2-8(7)11)9(12)3-4-9/h1-2,5,11-12H,3-4H2. The first-order chi connectivity index (χ1) is 5.62. The van der Waals surface area contributed by atoms with E-state index in [1.165, 1.54) is 12.1 Å². The van der Waals surface area contributed by atoms with Gasteiger partial charge in [-0.05, 0) is 30.5 Å². The molecule has 12 heavy (non-hydrogen) atoms. The van der Waals surface area contributed by atoms with Crippen molar-refractivity contribution < 1.29 is 14.6 Å². The number of hydrogen-bond donors (Lipinski definition) is 2. The van der Waals surface area contributed by atoms with Crippen molar-refractivity contribution in [2.45, 2.75) is 18.4 Å². The third kappa shape index (κ3) is 1.06. The van der Waals surface area contributed by atoms with Crippen molar-refractivity contribution in [1.82, 2.24) is 0 Å². The zero-order valence-electron chi connectivity index (χ0n) is 6.42. The van der Waals surface area contributed by atoms with Crippen LogP contribution < -0.4 is 0 Å². The summed E-state index contributed by atoms with van der Waals surface area (Å²) >= 11 is 0. The fraction of sp³-hybridized carbons (Fsp3) is 0.333. The normalized spacial score (nSPS) is 19.2. The van der Waals surface area contributed by atoms with E-state index < -0.39 is 11.4 Å². The maximum Gasteiger partial charge on any atom is 0.165 e. The molecule has 1 saturated carbocycles. The number of hydrogen-bond acceptors (Lipinski definition) is 2. The van der Waals surface area contributed by atoms with E-state index >= 15 is 0 Å². The molecule has 0 saturated heterocycles. The molecule has 0 atom stereocenters. The fourth-order valence-corrected chi connectivity index (χ4v) is 1.20. The summed E-state index contributed by atoms with van der Waals surface area (Å²) in [5, 5.41) is 18.4. The summed E-state index contributed by atoms with van der Waals surface area (Å²) in [4.78, 5) is 0. The lowest BCUT2D eigenvalue weighted by Crippen LogP contribution is -2.03. The zero-order chi connectivity index (χ0) is 8.77. The molecule has 1 aromatic carbocycles. The summed E-state index contributed by atoms with van der Waals surface area (Å²) < 4.78 is 12.8. The van der Waals surface area contributed by atoms with Gasteiger partial charge in [-0.3, -0.25) is 0 Å². The molecule has 64 valence electrons. The summed E-state index contributed by atoms with van der Waals surface area (Å²) in [6, 6.07) is 3.99. The number of aliphatic hydroxyl groups is 1. The quantitative estimate of drug-likeness (QED) is 0.667. The van der Waals surface area contributed by atoms with Crippen LogP contribution in [0.3, 0.4) is 0 Å². The van der Waals surface area contributed by atoms with Crippen LogP contribution in [0.25, 0.3) is 0 Å². The van der Waals surface area contributed by atoms with Gasteiger partial charge in [0.15, 0.2) is 11.6 Å². The average molecular weight is 168 g/mol. The maximum atomic E-state index is 12.8. The van der Waals surface area contributed by atoms with Gasteiger partial charge in [-0.15, -0.1) is 0 Å². The van der Waals surface area contributed by atoms with Crippen molar-refractivity contribution in [3.8, 4) is 5.75 Å². The molecule has 0 radical (unpaired) electrons. The Bertz CT molecular complexity index is 318. The summed E-state index contributed by atoms with van der Waals surface area (Å²) in [7, 11) is 0. The number of phenols is 1. The second-order valence-electron chi connectivity index (χ2n) is 3.20. The second-order valence-corrected chi connectivity index (χ2v) is 3.20. The van der Waals surface area contributed by atoms with Gasteiger partial charge in [-0.25, -0.2) is 4.39 Å². The summed E-state index contributed by atoms with van der Waals surface area (Å²) in [6.45, 7) is 0. The molecular formula is C9H9FO2. The third-order valence-electron chi connectivity index (χ3n) is 2.21. The van der Waals surface area contributed by atoms with E-state index in [0.717, 1.165) is 0 Å². The molecule has 2 rings (SSSR count). The van der Waals surface area contributed by atoms with E-state index in [4.69, 9.17) is 5.11 Å². The minimum Gasteiger partial charge on any atom is -0.505 e. The van der Waals surface area contributed by atoms with Crippen molar-refractivity contribution in [2.24, 2.45) is 0 Å². The molecule has 1 aliphatic carbocycles. The Balaban J connectivity index is 2.41. The minimum atomic E-state index is -0.825. The Labute approximate surface area is 69.3 Å². The number of benzene rings is 1. The molecule has 0 aliphatic heterocycles. The highest BCUT2D eigenvalue weighted by Crippen LogP contribution is 2.45. The lowest BCUT2D eigenvalue weighted by Gasteiger charge is -2.07. The molecule has 0 aromatic heterocycles. The molecule has 0 spiro atoms. The molecule has 0 bridgehead atoms. The summed E-state index contributed by atoms with van der Waals surface area (Å²) in [5.74, 6) is -1.05. The van der Waals surface area contributed by atoms with Gasteiger partial charge in [0.25, 0.3) is 0 Å². The highest BCUT2D eigenvalue weighted by atomic mass is 19.1. The molecule has 0 unspecified atom stereocenters. The van der Waals surface area contributed by atoms with E-state index in [-0.39, 0.29) is 5.75 Å². The maximum absolute atomic E-state index is 12.8. The van der Waals surface area contributed by atoms with Gasteiger partial charge in [0.2, 0.25) is 0 Å². The predicted molar refractivity (Wildman–Crippen MR) is 41.2 cm³/mol. The topological polar surface area (TPSA) is 40.5 Å². The Kier molecular flexibility index (Phi) is 1.38. The number of aromatic hydroxyl groups is 1. The summed E-state index contributed by atoms with van der Waals surface area (Å²) in [5.41, 5.74) is -0.271. The smallest absolute Gasteiger partial charge is 0.165 e. The first-order valence-corrected chi connectivity index (χ1v) is 3.83. The molecule has 1 aromatic rings. The zero-order valence-corrected chi connectivity index (χ0v) is 6.42. The molecule has 3 heteroatoms. The molecule has 2 nitrogen and oxygen atoms in total. The molecule has 1 aliphatic rings. The summed E-state index contributed by atoms with van der Waals surface area (Å²) in [6.07, 6.45) is 1.36. The predicted octanol–water partition coefficient (Wildman–Crippen LogP) is 1.51. The molecule has 2 N–H and O–H groups in total. The van der Waals surface area contributed by atoms with E-state index in [0.29, 0.717) is 18.4 Å². The number of halogens is 1. The van der Waals surface area contributed by atoms with Crippen LogP contribution in [-0.4, -0.2) is 10.2 Å². The Morgan fingerprint density at radius 1 is 1.33 bits per heavy atom. The van der Waals surface area contributed by atoms with E-state index in [1.807, 2.05) is 0 Å². The van der Waals surface area contributed by atoms with Gasteiger partial charge in [0.05, 0.1) is 5.60 Å². The highest BCUT2D eigenvalue weighted by molar-refractivity contribution is 5.34. The van der Waals surface area contributed by atoms with Crippen molar-refractivity contribution >= 4 is 0 Å². The van der Waals surface area contributed by atoms with Crippen LogP contribution in [0.5, 0.6) is 5.75 Å². The van der Waals surface area contributed by atoms with Crippen molar-refractivity contribution in [3.63, 3.8) is 0 Å². The van der Waals surface area contributed by atoms with Gasteiger partial charge in [0.1, 0.15) is 0 Å². The van der Waals surface area contributed by atoms with E-state index in [1.54, 1.807) is 6.07 Å². The lowest BCUT2D eigenvalue weighted by atomic mass is 10.1. The van der Waals surface area contributed by atoms with Gasteiger partial charge < -0.3 is 10.2 Å². The SMILES string of the molecule is Oc1ccc(C2(O)CC2)cc1F. The molecule has 1 fully saturated rings. The van der Waals surface area contributed by atoms with Gasteiger partial charge >= 0.3 is 0 Å². The van der Waals surface area contributed by atoms with Crippen LogP contribution in [0.1, 0.15) is 18.4 Å². The fourth-order valence-electron chi connectivity index (χ4n) is 1.20. The van der Waals surface area contributed by atoms with E-state index in [9.17, 15) is 9.50 Å². The van der Waals surface area contributed by atoms with Gasteiger partial charge in [-0.2, -0.15) is 0 Å². The average Bonchev–Trinajstić information content (AvgIpc) is 2.75. The monoisotopic (exact) mass is 168 g/mol. The van der Waals surface area contributed by atoms with Crippen LogP contribution >= 0.6 is 0 Å².